The van der Waals surface area contributed by atoms with Crippen LogP contribution in [0.2, 0.25) is 0 Å². The first-order chi connectivity index (χ1) is 8.31. The van der Waals surface area contributed by atoms with Crippen LogP contribution in [0.5, 0.6) is 0 Å². The Morgan fingerprint density at radius 1 is 1.41 bits per heavy atom. The summed E-state index contributed by atoms with van der Waals surface area (Å²) in [6, 6.07) is 7.69. The number of nitrogens with zero attached hydrogens (tertiary/aromatic N) is 2. The van der Waals surface area contributed by atoms with Crippen molar-refractivity contribution in [3.8, 4) is 0 Å². The van der Waals surface area contributed by atoms with Crippen molar-refractivity contribution >= 4 is 16.6 Å². The normalized spacial score (nSPS) is 12.6. The zero-order chi connectivity index (χ0) is 12.1. The third-order valence-corrected chi connectivity index (χ3v) is 2.21. The molecule has 1 unspecified atom stereocenters. The lowest BCUT2D eigenvalue weighted by Gasteiger charge is -2.14. The van der Waals surface area contributed by atoms with E-state index in [1.165, 1.54) is 0 Å². The van der Waals surface area contributed by atoms with Gasteiger partial charge in [0.25, 0.3) is 0 Å². The van der Waals surface area contributed by atoms with Gasteiger partial charge in [0.1, 0.15) is 0 Å². The second-order valence-electron chi connectivity index (χ2n) is 3.36. The van der Waals surface area contributed by atoms with Crippen molar-refractivity contribution in [2.75, 3.05) is 12.0 Å². The van der Waals surface area contributed by atoms with Crippen LogP contribution in [0.4, 0.5) is 5.82 Å². The highest BCUT2D eigenvalue weighted by molar-refractivity contribution is 5.90. The molecule has 0 spiro atoms. The molecule has 0 radical (unpaired) electrons. The first-order valence-corrected chi connectivity index (χ1v) is 5.33. The average molecular weight is 234 g/mol. The predicted molar refractivity (Wildman–Crippen MR) is 63.9 cm³/mol. The molecular formula is C11H14N4O2. The summed E-state index contributed by atoms with van der Waals surface area (Å²) in [6.07, 6.45) is 0.597. The van der Waals surface area contributed by atoms with E-state index in [1.807, 2.05) is 24.3 Å². The van der Waals surface area contributed by atoms with E-state index in [-0.39, 0.29) is 0 Å². The summed E-state index contributed by atoms with van der Waals surface area (Å²) in [6.45, 7) is 2.21. The van der Waals surface area contributed by atoms with Crippen molar-refractivity contribution in [3.63, 3.8) is 0 Å². The molecule has 0 aliphatic heterocycles. The molecule has 1 aromatic carbocycles. The highest BCUT2D eigenvalue weighted by atomic mass is 16.6. The number of hydrogen-bond acceptors (Lipinski definition) is 6. The van der Waals surface area contributed by atoms with Crippen molar-refractivity contribution in [2.45, 2.75) is 13.3 Å². The predicted octanol–water partition coefficient (Wildman–Crippen LogP) is 0.859. The molecule has 0 fully saturated rings. The molecule has 0 saturated heterocycles. The maximum absolute atomic E-state index is 9.34. The number of rotatable bonds is 5. The van der Waals surface area contributed by atoms with Crippen LogP contribution < -0.4 is 10.9 Å². The Hall–Kier alpha value is -1.76. The van der Waals surface area contributed by atoms with E-state index in [4.69, 9.17) is 4.74 Å². The Labute approximate surface area is 98.6 Å². The van der Waals surface area contributed by atoms with E-state index in [1.54, 1.807) is 13.1 Å². The number of fused-ring (bicyclic) bond motifs is 1. The topological polar surface area (TPSA) is 79.3 Å². The molecule has 1 aromatic heterocycles. The van der Waals surface area contributed by atoms with Crippen LogP contribution in [-0.4, -0.2) is 28.3 Å². The SMILES string of the molecule is CCOC(O)NNc1nncc2ccccc12. The van der Waals surface area contributed by atoms with Gasteiger partial charge in [-0.15, -0.1) is 5.10 Å². The number of ether oxygens (including phenoxy) is 1. The second-order valence-corrected chi connectivity index (χ2v) is 3.36. The average Bonchev–Trinajstić information content (AvgIpc) is 2.36. The van der Waals surface area contributed by atoms with Gasteiger partial charge in [0.15, 0.2) is 5.82 Å². The van der Waals surface area contributed by atoms with E-state index in [2.05, 4.69) is 21.0 Å². The molecule has 6 nitrogen and oxygen atoms in total. The number of aliphatic hydroxyl groups is 1. The number of benzene rings is 1. The summed E-state index contributed by atoms with van der Waals surface area (Å²) in [7, 11) is 0. The van der Waals surface area contributed by atoms with Gasteiger partial charge in [-0.3, -0.25) is 5.43 Å². The van der Waals surface area contributed by atoms with E-state index in [9.17, 15) is 5.11 Å². The number of hydrazine groups is 1. The maximum Gasteiger partial charge on any atom is 0.230 e. The molecule has 17 heavy (non-hydrogen) atoms. The number of hydrogen-bond donors (Lipinski definition) is 3. The van der Waals surface area contributed by atoms with Gasteiger partial charge >= 0.3 is 0 Å². The first-order valence-electron chi connectivity index (χ1n) is 5.33. The fourth-order valence-corrected chi connectivity index (χ4v) is 1.45. The van der Waals surface area contributed by atoms with Crippen molar-refractivity contribution in [3.05, 3.63) is 30.5 Å². The van der Waals surface area contributed by atoms with Gasteiger partial charge in [-0.2, -0.15) is 10.5 Å². The minimum absolute atomic E-state index is 0.414. The third kappa shape index (κ3) is 2.88. The molecule has 2 rings (SSSR count). The number of aliphatic hydroxyl groups excluding tert-OH is 1. The lowest BCUT2D eigenvalue weighted by molar-refractivity contribution is -0.111. The summed E-state index contributed by atoms with van der Waals surface area (Å²) in [4.78, 5) is 0. The summed E-state index contributed by atoms with van der Waals surface area (Å²) >= 11 is 0. The molecule has 1 heterocycles. The Morgan fingerprint density at radius 2 is 2.24 bits per heavy atom. The molecule has 0 bridgehead atoms. The van der Waals surface area contributed by atoms with Crippen molar-refractivity contribution in [2.24, 2.45) is 0 Å². The molecular weight excluding hydrogens is 220 g/mol. The minimum atomic E-state index is -1.08. The lowest BCUT2D eigenvalue weighted by atomic mass is 10.2. The third-order valence-electron chi connectivity index (χ3n) is 2.21. The zero-order valence-corrected chi connectivity index (χ0v) is 9.42. The van der Waals surface area contributed by atoms with E-state index >= 15 is 0 Å². The maximum atomic E-state index is 9.34. The molecule has 0 saturated carbocycles. The molecule has 0 aliphatic rings. The molecule has 2 aromatic rings. The van der Waals surface area contributed by atoms with Crippen LogP contribution in [-0.2, 0) is 4.74 Å². The molecule has 1 atom stereocenters. The van der Waals surface area contributed by atoms with Gasteiger partial charge in [-0.05, 0) is 6.92 Å². The van der Waals surface area contributed by atoms with Gasteiger partial charge in [-0.25, -0.2) is 0 Å². The molecule has 90 valence electrons. The van der Waals surface area contributed by atoms with Crippen LogP contribution in [0.1, 0.15) is 6.92 Å². The van der Waals surface area contributed by atoms with Gasteiger partial charge in [0.2, 0.25) is 6.41 Å². The van der Waals surface area contributed by atoms with Gasteiger partial charge in [0.05, 0.1) is 6.20 Å². The van der Waals surface area contributed by atoms with Gasteiger partial charge in [0, 0.05) is 17.4 Å². The fourth-order valence-electron chi connectivity index (χ4n) is 1.45. The summed E-state index contributed by atoms with van der Waals surface area (Å²) in [5.41, 5.74) is 5.35. The summed E-state index contributed by atoms with van der Waals surface area (Å²) < 4.78 is 4.91. The summed E-state index contributed by atoms with van der Waals surface area (Å²) in [5, 5.41) is 19.0. The van der Waals surface area contributed by atoms with Gasteiger partial charge < -0.3 is 9.84 Å². The Kier molecular flexibility index (Phi) is 3.81. The van der Waals surface area contributed by atoms with Crippen molar-refractivity contribution in [1.29, 1.82) is 0 Å². The van der Waals surface area contributed by atoms with Crippen LogP contribution in [0.3, 0.4) is 0 Å². The van der Waals surface area contributed by atoms with Crippen LogP contribution in [0.25, 0.3) is 10.8 Å². The summed E-state index contributed by atoms with van der Waals surface area (Å²) in [5.74, 6) is 0.543. The van der Waals surface area contributed by atoms with E-state index in [0.717, 1.165) is 10.8 Å². The Bertz CT molecular complexity index is 486. The van der Waals surface area contributed by atoms with E-state index in [0.29, 0.717) is 12.4 Å². The standard InChI is InChI=1S/C11H14N4O2/c1-2-17-11(16)15-14-10-9-6-4-3-5-8(9)7-12-13-10/h3-7,11,15-16H,2H2,1H3,(H,13,14). The molecule has 0 aliphatic carbocycles. The van der Waals surface area contributed by atoms with E-state index < -0.39 is 6.41 Å². The first kappa shape index (κ1) is 11.7. The van der Waals surface area contributed by atoms with Crippen LogP contribution in [0.15, 0.2) is 30.5 Å². The highest BCUT2D eigenvalue weighted by Gasteiger charge is 2.05. The quantitative estimate of drug-likeness (QED) is 0.526. The minimum Gasteiger partial charge on any atom is -0.355 e. The molecule has 3 N–H and O–H groups in total. The molecule has 0 amide bonds. The largest absolute Gasteiger partial charge is 0.355 e. The van der Waals surface area contributed by atoms with Crippen LogP contribution in [0, 0.1) is 0 Å². The van der Waals surface area contributed by atoms with Crippen molar-refractivity contribution < 1.29 is 9.84 Å². The monoisotopic (exact) mass is 234 g/mol. The zero-order valence-electron chi connectivity index (χ0n) is 9.42. The highest BCUT2D eigenvalue weighted by Crippen LogP contribution is 2.18. The fraction of sp³-hybridized carbons (Fsp3) is 0.273. The Balaban J connectivity index is 2.13. The second kappa shape index (κ2) is 5.53. The van der Waals surface area contributed by atoms with Crippen LogP contribution >= 0.6 is 0 Å². The lowest BCUT2D eigenvalue weighted by Crippen LogP contribution is -2.36. The molecule has 6 heteroatoms. The van der Waals surface area contributed by atoms with Crippen molar-refractivity contribution in [1.82, 2.24) is 15.6 Å². The number of nitrogens with one attached hydrogen (secondary N) is 2. The Morgan fingerprint density at radius 3 is 3.06 bits per heavy atom. The van der Waals surface area contributed by atoms with Gasteiger partial charge in [-0.1, -0.05) is 24.3 Å². The smallest absolute Gasteiger partial charge is 0.230 e. The number of anilines is 1. The number of aromatic nitrogens is 2.